The van der Waals surface area contributed by atoms with Gasteiger partial charge in [0.15, 0.2) is 5.60 Å². The molecule has 2 nitrogen and oxygen atoms in total. The number of benzene rings is 1. The highest BCUT2D eigenvalue weighted by Gasteiger charge is 2.50. The minimum absolute atomic E-state index is 0.223. The summed E-state index contributed by atoms with van der Waals surface area (Å²) in [6.07, 6.45) is -1.99. The number of hydrogen-bond acceptors (Lipinski definition) is 2. The monoisotopic (exact) mass is 291 g/mol. The zero-order valence-electron chi connectivity index (χ0n) is 12.5. The Hall–Kier alpha value is -1.23. The Morgan fingerprint density at radius 1 is 1.15 bits per heavy atom. The molecule has 0 aliphatic rings. The second-order valence-corrected chi connectivity index (χ2v) is 5.37. The predicted octanol–water partition coefficient (Wildman–Crippen LogP) is 4.48. The zero-order valence-corrected chi connectivity index (χ0v) is 12.5. The molecule has 0 aromatic heterocycles. The van der Waals surface area contributed by atoms with Gasteiger partial charge < -0.3 is 10.8 Å². The van der Waals surface area contributed by atoms with Crippen LogP contribution in [0.2, 0.25) is 0 Å². The van der Waals surface area contributed by atoms with Crippen molar-refractivity contribution >= 4 is 5.69 Å². The van der Waals surface area contributed by atoms with Gasteiger partial charge >= 0.3 is 6.18 Å². The van der Waals surface area contributed by atoms with Gasteiger partial charge in [-0.2, -0.15) is 13.2 Å². The normalized spacial score (nSPS) is 14.4. The lowest BCUT2D eigenvalue weighted by Gasteiger charge is -2.26. The molecule has 0 fully saturated rings. The maximum absolute atomic E-state index is 12.3. The third-order valence-corrected chi connectivity index (χ3v) is 2.89. The molecule has 0 amide bonds. The Bertz CT molecular complexity index is 383. The molecule has 1 aromatic carbocycles. The molecule has 1 unspecified atom stereocenters. The van der Waals surface area contributed by atoms with Crippen molar-refractivity contribution in [3.63, 3.8) is 0 Å². The lowest BCUT2D eigenvalue weighted by atomic mass is 9.95. The van der Waals surface area contributed by atoms with Crippen LogP contribution in [-0.2, 0) is 5.60 Å². The molecule has 1 rings (SSSR count). The molecule has 0 radical (unpaired) electrons. The van der Waals surface area contributed by atoms with Crippen molar-refractivity contribution < 1.29 is 18.3 Å². The standard InChI is InChI=1S/C9H10F3NO.C6H14/c1-8(14,9(10,11)12)6-2-4-7(13)5-3-6;1-4-5-6(2)3/h2-5,14H,13H2,1H3;6H,4-5H2,1-3H3. The molecule has 5 heteroatoms. The summed E-state index contributed by atoms with van der Waals surface area (Å²) in [4.78, 5) is 0. The smallest absolute Gasteiger partial charge is 0.399 e. The molecule has 0 aliphatic heterocycles. The van der Waals surface area contributed by atoms with E-state index < -0.39 is 11.8 Å². The van der Waals surface area contributed by atoms with Gasteiger partial charge in [0, 0.05) is 5.69 Å². The Labute approximate surface area is 118 Å². The number of hydrogen-bond donors (Lipinski definition) is 2. The van der Waals surface area contributed by atoms with Gasteiger partial charge in [-0.15, -0.1) is 0 Å². The van der Waals surface area contributed by atoms with Crippen LogP contribution in [0.3, 0.4) is 0 Å². The van der Waals surface area contributed by atoms with Crippen LogP contribution in [0.1, 0.15) is 46.1 Å². The number of aliphatic hydroxyl groups is 1. The summed E-state index contributed by atoms with van der Waals surface area (Å²) in [7, 11) is 0. The molecule has 20 heavy (non-hydrogen) atoms. The SMILES string of the molecule is CC(O)(c1ccc(N)cc1)C(F)(F)F.CCCC(C)C. The van der Waals surface area contributed by atoms with Crippen LogP contribution < -0.4 is 5.73 Å². The van der Waals surface area contributed by atoms with E-state index in [1.165, 1.54) is 25.0 Å². The van der Waals surface area contributed by atoms with Gasteiger partial charge in [-0.25, -0.2) is 0 Å². The summed E-state index contributed by atoms with van der Waals surface area (Å²) < 4.78 is 37.0. The first kappa shape index (κ1) is 18.8. The van der Waals surface area contributed by atoms with Crippen LogP contribution in [0, 0.1) is 5.92 Å². The third kappa shape index (κ3) is 5.82. The summed E-state index contributed by atoms with van der Waals surface area (Å²) in [5.41, 5.74) is 2.61. The van der Waals surface area contributed by atoms with Crippen LogP contribution in [0.4, 0.5) is 18.9 Å². The van der Waals surface area contributed by atoms with E-state index in [-0.39, 0.29) is 5.56 Å². The Morgan fingerprint density at radius 3 is 1.85 bits per heavy atom. The molecule has 0 bridgehead atoms. The predicted molar refractivity (Wildman–Crippen MR) is 76.2 cm³/mol. The van der Waals surface area contributed by atoms with Gasteiger partial charge in [0.1, 0.15) is 0 Å². The van der Waals surface area contributed by atoms with Crippen LogP contribution >= 0.6 is 0 Å². The van der Waals surface area contributed by atoms with E-state index in [9.17, 15) is 18.3 Å². The molecule has 0 saturated carbocycles. The molecule has 0 heterocycles. The first-order valence-electron chi connectivity index (χ1n) is 6.67. The van der Waals surface area contributed by atoms with E-state index in [0.717, 1.165) is 18.1 Å². The summed E-state index contributed by atoms with van der Waals surface area (Å²) in [5.74, 6) is 0.898. The fraction of sp³-hybridized carbons (Fsp3) is 0.600. The topological polar surface area (TPSA) is 46.2 Å². The van der Waals surface area contributed by atoms with Crippen molar-refractivity contribution in [1.82, 2.24) is 0 Å². The second kappa shape index (κ2) is 7.53. The minimum atomic E-state index is -4.69. The largest absolute Gasteiger partial charge is 0.421 e. The molecular formula is C15H24F3NO. The Kier molecular flexibility index (Phi) is 7.06. The van der Waals surface area contributed by atoms with Gasteiger partial charge in [0.25, 0.3) is 0 Å². The van der Waals surface area contributed by atoms with Crippen molar-refractivity contribution in [2.75, 3.05) is 5.73 Å². The third-order valence-electron chi connectivity index (χ3n) is 2.89. The molecule has 1 atom stereocenters. The molecule has 116 valence electrons. The highest BCUT2D eigenvalue weighted by molar-refractivity contribution is 5.41. The molecule has 1 aromatic rings. The molecule has 3 N–H and O–H groups in total. The van der Waals surface area contributed by atoms with E-state index in [1.54, 1.807) is 0 Å². The summed E-state index contributed by atoms with van der Waals surface area (Å²) in [6.45, 7) is 7.44. The Morgan fingerprint density at radius 2 is 1.60 bits per heavy atom. The van der Waals surface area contributed by atoms with Crippen LogP contribution in [0.25, 0.3) is 0 Å². The highest BCUT2D eigenvalue weighted by atomic mass is 19.4. The Balaban J connectivity index is 0.000000511. The number of anilines is 1. The first-order valence-corrected chi connectivity index (χ1v) is 6.67. The van der Waals surface area contributed by atoms with Crippen molar-refractivity contribution in [2.45, 2.75) is 52.3 Å². The summed E-state index contributed by atoms with van der Waals surface area (Å²) in [5, 5.41) is 9.25. The number of alkyl halides is 3. The molecule has 0 saturated heterocycles. The lowest BCUT2D eigenvalue weighted by molar-refractivity contribution is -0.258. The van der Waals surface area contributed by atoms with E-state index in [0.29, 0.717) is 12.6 Å². The maximum Gasteiger partial charge on any atom is 0.421 e. The van der Waals surface area contributed by atoms with E-state index >= 15 is 0 Å². The fourth-order valence-electron chi connectivity index (χ4n) is 1.55. The highest BCUT2D eigenvalue weighted by Crippen LogP contribution is 2.38. The number of nitrogens with two attached hydrogens (primary N) is 1. The zero-order chi connectivity index (χ0) is 16.0. The quantitative estimate of drug-likeness (QED) is 0.806. The lowest BCUT2D eigenvalue weighted by Crippen LogP contribution is -2.39. The van der Waals surface area contributed by atoms with Crippen LogP contribution in [0.5, 0.6) is 0 Å². The van der Waals surface area contributed by atoms with Gasteiger partial charge in [-0.3, -0.25) is 0 Å². The average molecular weight is 291 g/mol. The number of nitrogen functional groups attached to an aromatic ring is 1. The van der Waals surface area contributed by atoms with Crippen molar-refractivity contribution in [1.29, 1.82) is 0 Å². The van der Waals surface area contributed by atoms with Crippen molar-refractivity contribution in [2.24, 2.45) is 5.92 Å². The number of rotatable bonds is 3. The van der Waals surface area contributed by atoms with Crippen molar-refractivity contribution in [3.05, 3.63) is 29.8 Å². The van der Waals surface area contributed by atoms with E-state index in [2.05, 4.69) is 20.8 Å². The second-order valence-electron chi connectivity index (χ2n) is 5.37. The first-order chi connectivity index (χ1) is 9.02. The molecule has 0 aliphatic carbocycles. The molecule has 0 spiro atoms. The summed E-state index contributed by atoms with van der Waals surface area (Å²) >= 11 is 0. The maximum atomic E-state index is 12.3. The number of halogens is 3. The molecular weight excluding hydrogens is 267 g/mol. The van der Waals surface area contributed by atoms with Gasteiger partial charge in [0.05, 0.1) is 0 Å². The van der Waals surface area contributed by atoms with Gasteiger partial charge in [-0.1, -0.05) is 45.7 Å². The average Bonchev–Trinajstić information content (AvgIpc) is 2.28. The van der Waals surface area contributed by atoms with Crippen LogP contribution in [0.15, 0.2) is 24.3 Å². The van der Waals surface area contributed by atoms with E-state index in [4.69, 9.17) is 5.73 Å². The van der Waals surface area contributed by atoms with E-state index in [1.807, 2.05) is 0 Å². The van der Waals surface area contributed by atoms with Crippen molar-refractivity contribution in [3.8, 4) is 0 Å². The summed E-state index contributed by atoms with van der Waals surface area (Å²) in [6, 6.07) is 4.94. The minimum Gasteiger partial charge on any atom is -0.399 e. The van der Waals surface area contributed by atoms with Gasteiger partial charge in [0.2, 0.25) is 0 Å². The van der Waals surface area contributed by atoms with Crippen LogP contribution in [-0.4, -0.2) is 11.3 Å². The fourth-order valence-corrected chi connectivity index (χ4v) is 1.55. The van der Waals surface area contributed by atoms with Gasteiger partial charge in [-0.05, 0) is 30.5 Å².